The van der Waals surface area contributed by atoms with E-state index in [1.807, 2.05) is 13.1 Å². The van der Waals surface area contributed by atoms with Crippen LogP contribution in [0.15, 0.2) is 6.20 Å². The third-order valence-corrected chi connectivity index (χ3v) is 4.06. The average Bonchev–Trinajstić information content (AvgIpc) is 2.75. The van der Waals surface area contributed by atoms with E-state index in [0.717, 1.165) is 31.4 Å². The predicted octanol–water partition coefficient (Wildman–Crippen LogP) is 1.73. The fourth-order valence-corrected chi connectivity index (χ4v) is 2.51. The Kier molecular flexibility index (Phi) is 4.58. The largest absolute Gasteiger partial charge is 0.378 e. The van der Waals surface area contributed by atoms with Crippen LogP contribution in [0.5, 0.6) is 0 Å². The topological polar surface area (TPSA) is 67.0 Å². The van der Waals surface area contributed by atoms with Gasteiger partial charge in [-0.3, -0.25) is 9.89 Å². The van der Waals surface area contributed by atoms with Crippen molar-refractivity contribution < 1.29 is 9.53 Å². The summed E-state index contributed by atoms with van der Waals surface area (Å²) in [6.45, 7) is 2.73. The van der Waals surface area contributed by atoms with Gasteiger partial charge in [0.25, 0.3) is 0 Å². The van der Waals surface area contributed by atoms with E-state index < -0.39 is 0 Å². The van der Waals surface area contributed by atoms with Crippen molar-refractivity contribution in [2.24, 2.45) is 0 Å². The van der Waals surface area contributed by atoms with Crippen LogP contribution in [0.25, 0.3) is 0 Å². The van der Waals surface area contributed by atoms with Crippen LogP contribution in [-0.2, 0) is 16.0 Å². The molecule has 0 aromatic carbocycles. The lowest BCUT2D eigenvalue weighted by atomic mass is 9.77. The Balaban J connectivity index is 1.63. The van der Waals surface area contributed by atoms with Gasteiger partial charge in [0.15, 0.2) is 0 Å². The van der Waals surface area contributed by atoms with Crippen molar-refractivity contribution in [1.82, 2.24) is 15.5 Å². The summed E-state index contributed by atoms with van der Waals surface area (Å²) in [6.07, 6.45) is 7.40. The van der Waals surface area contributed by atoms with Gasteiger partial charge < -0.3 is 10.1 Å². The molecule has 5 nitrogen and oxygen atoms in total. The first kappa shape index (κ1) is 14.1. The van der Waals surface area contributed by atoms with Gasteiger partial charge in [0.2, 0.25) is 5.91 Å². The number of ether oxygens (including phenoxy) is 1. The molecule has 1 aromatic rings. The summed E-state index contributed by atoms with van der Waals surface area (Å²) < 4.78 is 5.45. The van der Waals surface area contributed by atoms with Crippen molar-refractivity contribution in [3.05, 3.63) is 17.5 Å². The summed E-state index contributed by atoms with van der Waals surface area (Å²) in [4.78, 5) is 11.8. The Morgan fingerprint density at radius 1 is 1.58 bits per heavy atom. The molecule has 1 fully saturated rings. The molecule has 1 aliphatic carbocycles. The Labute approximate surface area is 114 Å². The minimum atomic E-state index is -0.175. The zero-order chi connectivity index (χ0) is 13.7. The van der Waals surface area contributed by atoms with Crippen molar-refractivity contribution in [2.45, 2.75) is 51.0 Å². The van der Waals surface area contributed by atoms with Crippen molar-refractivity contribution in [3.8, 4) is 0 Å². The maximum atomic E-state index is 11.8. The number of amides is 1. The number of hydrogen-bond donors (Lipinski definition) is 2. The lowest BCUT2D eigenvalue weighted by molar-refractivity contribution is -0.134. The number of carbonyl (C=O) groups excluding carboxylic acids is 1. The zero-order valence-corrected chi connectivity index (χ0v) is 11.8. The Morgan fingerprint density at radius 2 is 2.37 bits per heavy atom. The van der Waals surface area contributed by atoms with E-state index in [9.17, 15) is 4.79 Å². The molecule has 0 saturated heterocycles. The molecule has 2 N–H and O–H groups in total. The molecule has 19 heavy (non-hydrogen) atoms. The Morgan fingerprint density at radius 3 is 2.89 bits per heavy atom. The zero-order valence-electron chi connectivity index (χ0n) is 11.8. The summed E-state index contributed by atoms with van der Waals surface area (Å²) in [5, 5.41) is 9.88. The standard InChI is InChI=1S/C14H23N3O2/c1-11-12(10-16-17-11)5-3-8-15-13(18)9-14(19-2)6-4-7-14/h10H,3-9H2,1-2H3,(H,15,18)(H,16,17). The highest BCUT2D eigenvalue weighted by Gasteiger charge is 2.38. The Bertz CT molecular complexity index is 419. The molecule has 0 bridgehead atoms. The van der Waals surface area contributed by atoms with Gasteiger partial charge in [0.05, 0.1) is 18.2 Å². The number of rotatable bonds is 7. The molecule has 5 heteroatoms. The quantitative estimate of drug-likeness (QED) is 0.738. The molecular formula is C14H23N3O2. The number of H-pyrrole nitrogens is 1. The molecule has 0 aliphatic heterocycles. The van der Waals surface area contributed by atoms with Crippen molar-refractivity contribution in [1.29, 1.82) is 0 Å². The molecule has 1 aromatic heterocycles. The smallest absolute Gasteiger partial charge is 0.222 e. The Hall–Kier alpha value is -1.36. The molecule has 2 rings (SSSR count). The molecule has 0 spiro atoms. The van der Waals surface area contributed by atoms with Crippen LogP contribution < -0.4 is 5.32 Å². The van der Waals surface area contributed by atoms with Gasteiger partial charge in [-0.05, 0) is 44.6 Å². The van der Waals surface area contributed by atoms with E-state index in [0.29, 0.717) is 13.0 Å². The van der Waals surface area contributed by atoms with E-state index in [2.05, 4.69) is 15.5 Å². The van der Waals surface area contributed by atoms with Crippen LogP contribution in [0, 0.1) is 6.92 Å². The highest BCUT2D eigenvalue weighted by Crippen LogP contribution is 2.37. The SMILES string of the molecule is COC1(CC(=O)NCCCc2cn[nH]c2C)CCC1. The number of aromatic amines is 1. The summed E-state index contributed by atoms with van der Waals surface area (Å²) in [7, 11) is 1.70. The van der Waals surface area contributed by atoms with Gasteiger partial charge in [-0.25, -0.2) is 0 Å². The molecule has 0 atom stereocenters. The molecular weight excluding hydrogens is 242 g/mol. The van der Waals surface area contributed by atoms with Gasteiger partial charge in [-0.1, -0.05) is 0 Å². The van der Waals surface area contributed by atoms with Gasteiger partial charge >= 0.3 is 0 Å². The first-order chi connectivity index (χ1) is 9.15. The van der Waals surface area contributed by atoms with Crippen LogP contribution in [0.3, 0.4) is 0 Å². The monoisotopic (exact) mass is 265 g/mol. The van der Waals surface area contributed by atoms with E-state index in [4.69, 9.17) is 4.74 Å². The number of aryl methyl sites for hydroxylation is 2. The normalized spacial score (nSPS) is 16.9. The number of methoxy groups -OCH3 is 1. The molecule has 106 valence electrons. The second-order valence-electron chi connectivity index (χ2n) is 5.39. The van der Waals surface area contributed by atoms with Crippen LogP contribution in [-0.4, -0.2) is 35.4 Å². The summed E-state index contributed by atoms with van der Waals surface area (Å²) in [5.41, 5.74) is 2.16. The number of nitrogens with one attached hydrogen (secondary N) is 2. The van der Waals surface area contributed by atoms with Gasteiger partial charge in [0, 0.05) is 19.3 Å². The lowest BCUT2D eigenvalue weighted by Crippen LogP contribution is -2.44. The second-order valence-corrected chi connectivity index (χ2v) is 5.39. The highest BCUT2D eigenvalue weighted by atomic mass is 16.5. The van der Waals surface area contributed by atoms with Crippen LogP contribution in [0.1, 0.15) is 43.4 Å². The van der Waals surface area contributed by atoms with Crippen molar-refractivity contribution in [3.63, 3.8) is 0 Å². The highest BCUT2D eigenvalue weighted by molar-refractivity contribution is 5.77. The summed E-state index contributed by atoms with van der Waals surface area (Å²) in [5.74, 6) is 0.102. The maximum absolute atomic E-state index is 11.8. The fraction of sp³-hybridized carbons (Fsp3) is 0.714. The van der Waals surface area contributed by atoms with Crippen LogP contribution in [0.2, 0.25) is 0 Å². The molecule has 0 unspecified atom stereocenters. The molecule has 1 saturated carbocycles. The van der Waals surface area contributed by atoms with E-state index in [1.165, 1.54) is 12.0 Å². The minimum absolute atomic E-state index is 0.102. The first-order valence-corrected chi connectivity index (χ1v) is 6.96. The molecule has 0 radical (unpaired) electrons. The average molecular weight is 265 g/mol. The van der Waals surface area contributed by atoms with Crippen molar-refractivity contribution in [2.75, 3.05) is 13.7 Å². The van der Waals surface area contributed by atoms with E-state index in [-0.39, 0.29) is 11.5 Å². The second kappa shape index (κ2) is 6.19. The van der Waals surface area contributed by atoms with Crippen LogP contribution in [0.4, 0.5) is 0 Å². The number of nitrogens with zero attached hydrogens (tertiary/aromatic N) is 1. The van der Waals surface area contributed by atoms with Crippen LogP contribution >= 0.6 is 0 Å². The van der Waals surface area contributed by atoms with Gasteiger partial charge in [-0.15, -0.1) is 0 Å². The number of aromatic nitrogens is 2. The summed E-state index contributed by atoms with van der Waals surface area (Å²) >= 11 is 0. The lowest BCUT2D eigenvalue weighted by Gasteiger charge is -2.39. The predicted molar refractivity (Wildman–Crippen MR) is 72.9 cm³/mol. The molecule has 1 heterocycles. The van der Waals surface area contributed by atoms with Gasteiger partial charge in [-0.2, -0.15) is 5.10 Å². The third-order valence-electron chi connectivity index (χ3n) is 4.06. The molecule has 1 aliphatic rings. The van der Waals surface area contributed by atoms with E-state index in [1.54, 1.807) is 7.11 Å². The summed E-state index contributed by atoms with van der Waals surface area (Å²) in [6, 6.07) is 0. The van der Waals surface area contributed by atoms with Crippen molar-refractivity contribution >= 4 is 5.91 Å². The fourth-order valence-electron chi connectivity index (χ4n) is 2.51. The third kappa shape index (κ3) is 3.56. The molecule has 1 amide bonds. The maximum Gasteiger partial charge on any atom is 0.222 e. The minimum Gasteiger partial charge on any atom is -0.378 e. The number of carbonyl (C=O) groups is 1. The van der Waals surface area contributed by atoms with Gasteiger partial charge in [0.1, 0.15) is 0 Å². The van der Waals surface area contributed by atoms with E-state index >= 15 is 0 Å². The first-order valence-electron chi connectivity index (χ1n) is 6.96. The number of hydrogen-bond acceptors (Lipinski definition) is 3.